The maximum Gasteiger partial charge on any atom is 0.149 e. The number of anilines is 2. The maximum atomic E-state index is 5.95. The molecule has 3 N–H and O–H groups in total. The van der Waals surface area contributed by atoms with E-state index in [4.69, 9.17) is 5.73 Å². The molecule has 0 radical (unpaired) electrons. The Morgan fingerprint density at radius 1 is 1.44 bits per heavy atom. The molecule has 0 atom stereocenters. The van der Waals surface area contributed by atoms with Gasteiger partial charge in [0.2, 0.25) is 0 Å². The molecule has 1 fully saturated rings. The summed E-state index contributed by atoms with van der Waals surface area (Å²) in [5, 5.41) is 3.34. The van der Waals surface area contributed by atoms with Crippen LogP contribution < -0.4 is 11.1 Å². The second kappa shape index (κ2) is 5.19. The highest BCUT2D eigenvalue weighted by molar-refractivity contribution is 5.64. The number of aromatic nitrogens is 1. The summed E-state index contributed by atoms with van der Waals surface area (Å²) < 4.78 is 0. The van der Waals surface area contributed by atoms with Gasteiger partial charge in [-0.1, -0.05) is 25.7 Å². The Morgan fingerprint density at radius 2 is 2.19 bits per heavy atom. The van der Waals surface area contributed by atoms with Gasteiger partial charge in [-0.25, -0.2) is 4.98 Å². The van der Waals surface area contributed by atoms with Gasteiger partial charge in [0.1, 0.15) is 5.82 Å². The van der Waals surface area contributed by atoms with Crippen LogP contribution in [0.4, 0.5) is 11.5 Å². The summed E-state index contributed by atoms with van der Waals surface area (Å²) in [4.78, 5) is 4.27. The number of pyridine rings is 1. The van der Waals surface area contributed by atoms with Crippen molar-refractivity contribution in [2.75, 3.05) is 17.6 Å². The van der Waals surface area contributed by atoms with Gasteiger partial charge in [0, 0.05) is 12.7 Å². The van der Waals surface area contributed by atoms with Crippen LogP contribution in [-0.2, 0) is 0 Å². The molecule has 3 heteroatoms. The van der Waals surface area contributed by atoms with E-state index >= 15 is 0 Å². The summed E-state index contributed by atoms with van der Waals surface area (Å²) in [6, 6.07) is 1.94. The van der Waals surface area contributed by atoms with E-state index in [1.54, 1.807) is 0 Å². The molecule has 0 amide bonds. The van der Waals surface area contributed by atoms with Crippen LogP contribution in [0, 0.1) is 12.8 Å². The van der Waals surface area contributed by atoms with Crippen LogP contribution in [0.2, 0.25) is 0 Å². The minimum absolute atomic E-state index is 0.786. The lowest BCUT2D eigenvalue weighted by Gasteiger charge is -2.12. The smallest absolute Gasteiger partial charge is 0.149 e. The number of aryl methyl sites for hydroxylation is 1. The van der Waals surface area contributed by atoms with Crippen molar-refractivity contribution in [2.24, 2.45) is 5.92 Å². The molecule has 1 aliphatic carbocycles. The largest absolute Gasteiger partial charge is 0.396 e. The Kier molecular flexibility index (Phi) is 3.65. The molecular formula is C13H21N3. The van der Waals surface area contributed by atoms with Gasteiger partial charge in [0.05, 0.1) is 5.69 Å². The predicted octanol–water partition coefficient (Wildman–Crippen LogP) is 2.96. The van der Waals surface area contributed by atoms with Crippen molar-refractivity contribution in [2.45, 2.75) is 39.0 Å². The molecule has 1 aromatic rings. The second-order valence-corrected chi connectivity index (χ2v) is 4.76. The van der Waals surface area contributed by atoms with Gasteiger partial charge in [-0.15, -0.1) is 0 Å². The highest BCUT2D eigenvalue weighted by Gasteiger charge is 2.14. The van der Waals surface area contributed by atoms with E-state index in [9.17, 15) is 0 Å². The number of hydrogen-bond donors (Lipinski definition) is 2. The number of rotatable bonds is 4. The monoisotopic (exact) mass is 219 g/mol. The third-order valence-electron chi connectivity index (χ3n) is 3.53. The van der Waals surface area contributed by atoms with Gasteiger partial charge in [-0.3, -0.25) is 0 Å². The van der Waals surface area contributed by atoms with Crippen molar-refractivity contribution in [3.63, 3.8) is 0 Å². The topological polar surface area (TPSA) is 50.9 Å². The fraction of sp³-hybridized carbons (Fsp3) is 0.615. The Labute approximate surface area is 97.5 Å². The van der Waals surface area contributed by atoms with Crippen molar-refractivity contribution in [3.05, 3.63) is 17.8 Å². The number of nitrogens with one attached hydrogen (secondary N) is 1. The SMILES string of the molecule is Cc1ccnc(NCCC2CCCC2)c1N. The van der Waals surface area contributed by atoms with Gasteiger partial charge in [-0.05, 0) is 30.9 Å². The van der Waals surface area contributed by atoms with Gasteiger partial charge in [-0.2, -0.15) is 0 Å². The van der Waals surface area contributed by atoms with Crippen molar-refractivity contribution in [1.29, 1.82) is 0 Å². The molecule has 1 saturated carbocycles. The van der Waals surface area contributed by atoms with Crippen LogP contribution in [0.25, 0.3) is 0 Å². The molecule has 0 spiro atoms. The molecule has 0 aromatic carbocycles. The fourth-order valence-electron chi connectivity index (χ4n) is 2.40. The minimum atomic E-state index is 0.786. The minimum Gasteiger partial charge on any atom is -0.396 e. The van der Waals surface area contributed by atoms with E-state index in [1.807, 2.05) is 19.2 Å². The summed E-state index contributed by atoms with van der Waals surface area (Å²) >= 11 is 0. The van der Waals surface area contributed by atoms with E-state index in [0.29, 0.717) is 0 Å². The zero-order valence-corrected chi connectivity index (χ0v) is 10.00. The quantitative estimate of drug-likeness (QED) is 0.818. The van der Waals surface area contributed by atoms with E-state index in [1.165, 1.54) is 32.1 Å². The Morgan fingerprint density at radius 3 is 2.94 bits per heavy atom. The van der Waals surface area contributed by atoms with E-state index < -0.39 is 0 Å². The van der Waals surface area contributed by atoms with Crippen LogP contribution in [0.3, 0.4) is 0 Å². The first-order valence-electron chi connectivity index (χ1n) is 6.22. The normalized spacial score (nSPS) is 16.6. The molecule has 88 valence electrons. The summed E-state index contributed by atoms with van der Waals surface area (Å²) in [6.07, 6.45) is 8.68. The number of nitrogen functional groups attached to an aromatic ring is 1. The summed E-state index contributed by atoms with van der Waals surface area (Å²) in [5.41, 5.74) is 7.83. The molecule has 0 unspecified atom stereocenters. The van der Waals surface area contributed by atoms with Crippen LogP contribution in [0.15, 0.2) is 12.3 Å². The molecule has 0 aliphatic heterocycles. The summed E-state index contributed by atoms with van der Waals surface area (Å²) in [6.45, 7) is 3.00. The highest BCUT2D eigenvalue weighted by atomic mass is 15.0. The molecule has 2 rings (SSSR count). The van der Waals surface area contributed by atoms with Crippen molar-refractivity contribution >= 4 is 11.5 Å². The molecular weight excluding hydrogens is 198 g/mol. The molecule has 3 nitrogen and oxygen atoms in total. The van der Waals surface area contributed by atoms with E-state index in [2.05, 4.69) is 10.3 Å². The highest BCUT2D eigenvalue weighted by Crippen LogP contribution is 2.27. The average Bonchev–Trinajstić information content (AvgIpc) is 2.77. The van der Waals surface area contributed by atoms with Gasteiger partial charge >= 0.3 is 0 Å². The van der Waals surface area contributed by atoms with Crippen molar-refractivity contribution in [3.8, 4) is 0 Å². The Bertz CT molecular complexity index is 343. The summed E-state index contributed by atoms with van der Waals surface area (Å²) in [5.74, 6) is 1.76. The first-order valence-corrected chi connectivity index (χ1v) is 6.22. The average molecular weight is 219 g/mol. The maximum absolute atomic E-state index is 5.95. The zero-order valence-electron chi connectivity index (χ0n) is 10.00. The number of nitrogens with two attached hydrogens (primary N) is 1. The molecule has 1 aromatic heterocycles. The third-order valence-corrected chi connectivity index (χ3v) is 3.53. The van der Waals surface area contributed by atoms with Crippen molar-refractivity contribution < 1.29 is 0 Å². The first-order chi connectivity index (χ1) is 7.77. The lowest BCUT2D eigenvalue weighted by molar-refractivity contribution is 0.518. The van der Waals surface area contributed by atoms with Crippen LogP contribution in [0.5, 0.6) is 0 Å². The Balaban J connectivity index is 1.82. The molecule has 1 heterocycles. The predicted molar refractivity (Wildman–Crippen MR) is 68.5 cm³/mol. The fourth-order valence-corrected chi connectivity index (χ4v) is 2.40. The molecule has 16 heavy (non-hydrogen) atoms. The summed E-state index contributed by atoms with van der Waals surface area (Å²) in [7, 11) is 0. The zero-order chi connectivity index (χ0) is 11.4. The molecule has 0 bridgehead atoms. The molecule has 0 saturated heterocycles. The van der Waals surface area contributed by atoms with Crippen molar-refractivity contribution in [1.82, 2.24) is 4.98 Å². The molecule has 1 aliphatic rings. The van der Waals surface area contributed by atoms with Gasteiger partial charge < -0.3 is 11.1 Å². The first kappa shape index (κ1) is 11.2. The number of hydrogen-bond acceptors (Lipinski definition) is 3. The Hall–Kier alpha value is -1.25. The van der Waals surface area contributed by atoms with Gasteiger partial charge in [0.15, 0.2) is 0 Å². The third kappa shape index (κ3) is 2.65. The lowest BCUT2D eigenvalue weighted by atomic mass is 10.0. The number of nitrogens with zero attached hydrogens (tertiary/aromatic N) is 1. The lowest BCUT2D eigenvalue weighted by Crippen LogP contribution is -2.10. The van der Waals surface area contributed by atoms with Crippen LogP contribution in [0.1, 0.15) is 37.7 Å². The van der Waals surface area contributed by atoms with Gasteiger partial charge in [0.25, 0.3) is 0 Å². The van der Waals surface area contributed by atoms with E-state index in [0.717, 1.165) is 29.5 Å². The van der Waals surface area contributed by atoms with Crippen LogP contribution >= 0.6 is 0 Å². The second-order valence-electron chi connectivity index (χ2n) is 4.76. The van der Waals surface area contributed by atoms with E-state index in [-0.39, 0.29) is 0 Å². The standard InChI is InChI=1S/C13H21N3/c1-10-6-8-15-13(12(10)14)16-9-7-11-4-2-3-5-11/h6,8,11H,2-5,7,9,14H2,1H3,(H,15,16). The van der Waals surface area contributed by atoms with Crippen LogP contribution in [-0.4, -0.2) is 11.5 Å².